The van der Waals surface area contributed by atoms with E-state index < -0.39 is 0 Å². The number of carbonyl (C=O) groups excluding carboxylic acids is 1. The van der Waals surface area contributed by atoms with Gasteiger partial charge in [-0.1, -0.05) is 6.92 Å². The van der Waals surface area contributed by atoms with Crippen molar-refractivity contribution in [1.29, 1.82) is 0 Å². The average Bonchev–Trinajstić information content (AvgIpc) is 2.40. The molecule has 2 heterocycles. The third-order valence-electron chi connectivity index (χ3n) is 2.48. The molecule has 18 heavy (non-hydrogen) atoms. The molecule has 0 unspecified atom stereocenters. The van der Waals surface area contributed by atoms with Gasteiger partial charge in [0, 0.05) is 12.7 Å². The van der Waals surface area contributed by atoms with E-state index in [1.807, 2.05) is 6.92 Å². The summed E-state index contributed by atoms with van der Waals surface area (Å²) >= 11 is 0. The second-order valence-electron chi connectivity index (χ2n) is 3.90. The van der Waals surface area contributed by atoms with Crippen LogP contribution in [-0.2, 0) is 11.3 Å². The summed E-state index contributed by atoms with van der Waals surface area (Å²) in [7, 11) is 0. The highest BCUT2D eigenvalue weighted by Gasteiger charge is 2.07. The van der Waals surface area contributed by atoms with Crippen LogP contribution >= 0.6 is 0 Å². The minimum atomic E-state index is -0.250. The molecule has 1 amide bonds. The fourth-order valence-electron chi connectivity index (χ4n) is 1.59. The fourth-order valence-corrected chi connectivity index (χ4v) is 1.59. The van der Waals surface area contributed by atoms with Gasteiger partial charge in [-0.25, -0.2) is 9.97 Å². The van der Waals surface area contributed by atoms with Gasteiger partial charge in [0.1, 0.15) is 12.9 Å². The third-order valence-corrected chi connectivity index (χ3v) is 2.48. The van der Waals surface area contributed by atoms with Gasteiger partial charge in [-0.3, -0.25) is 14.2 Å². The molecule has 2 rings (SSSR count). The molecule has 0 saturated heterocycles. The van der Waals surface area contributed by atoms with Crippen LogP contribution in [0.25, 0.3) is 11.0 Å². The molecule has 0 fully saturated rings. The van der Waals surface area contributed by atoms with E-state index in [4.69, 9.17) is 0 Å². The number of aromatic nitrogens is 3. The molecule has 1 N–H and O–H groups in total. The quantitative estimate of drug-likeness (QED) is 0.842. The largest absolute Gasteiger partial charge is 0.355 e. The second-order valence-corrected chi connectivity index (χ2v) is 3.90. The van der Waals surface area contributed by atoms with Gasteiger partial charge in [-0.2, -0.15) is 0 Å². The normalized spacial score (nSPS) is 10.5. The number of rotatable bonds is 4. The monoisotopic (exact) mass is 246 g/mol. The van der Waals surface area contributed by atoms with Crippen LogP contribution < -0.4 is 10.9 Å². The van der Waals surface area contributed by atoms with Crippen molar-refractivity contribution >= 4 is 16.9 Å². The summed E-state index contributed by atoms with van der Waals surface area (Å²) in [6.45, 7) is 2.56. The van der Waals surface area contributed by atoms with Crippen LogP contribution in [0.4, 0.5) is 0 Å². The van der Waals surface area contributed by atoms with E-state index in [-0.39, 0.29) is 18.0 Å². The molecule has 2 aromatic heterocycles. The van der Waals surface area contributed by atoms with Gasteiger partial charge in [0.2, 0.25) is 5.91 Å². The van der Waals surface area contributed by atoms with Gasteiger partial charge in [-0.05, 0) is 18.6 Å². The van der Waals surface area contributed by atoms with Crippen molar-refractivity contribution in [3.8, 4) is 0 Å². The van der Waals surface area contributed by atoms with Crippen molar-refractivity contribution < 1.29 is 4.79 Å². The molecule has 0 radical (unpaired) electrons. The zero-order valence-electron chi connectivity index (χ0n) is 10.1. The number of hydrogen-bond donors (Lipinski definition) is 1. The first kappa shape index (κ1) is 12.2. The Bertz CT molecular complexity index is 621. The average molecular weight is 246 g/mol. The molecule has 6 nitrogen and oxygen atoms in total. The van der Waals surface area contributed by atoms with Crippen molar-refractivity contribution in [2.75, 3.05) is 6.54 Å². The molecule has 94 valence electrons. The fraction of sp³-hybridized carbons (Fsp3) is 0.333. The predicted octanol–water partition coefficient (Wildman–Crippen LogP) is 0.318. The lowest BCUT2D eigenvalue weighted by atomic mass is 10.3. The zero-order valence-corrected chi connectivity index (χ0v) is 10.1. The lowest BCUT2D eigenvalue weighted by molar-refractivity contribution is -0.121. The maximum absolute atomic E-state index is 12.0. The van der Waals surface area contributed by atoms with Crippen LogP contribution in [-0.4, -0.2) is 27.0 Å². The Hall–Kier alpha value is -2.24. The Labute approximate surface area is 104 Å². The number of nitrogens with one attached hydrogen (secondary N) is 1. The van der Waals surface area contributed by atoms with E-state index in [0.717, 1.165) is 6.42 Å². The van der Waals surface area contributed by atoms with E-state index in [0.29, 0.717) is 17.6 Å². The molecule has 6 heteroatoms. The molecule has 0 aliphatic heterocycles. The molecule has 0 bridgehead atoms. The second kappa shape index (κ2) is 5.39. The van der Waals surface area contributed by atoms with E-state index >= 15 is 0 Å². The Kier molecular flexibility index (Phi) is 3.66. The van der Waals surface area contributed by atoms with Crippen LogP contribution in [0.1, 0.15) is 13.3 Å². The van der Waals surface area contributed by atoms with Crippen LogP contribution in [0, 0.1) is 0 Å². The Morgan fingerprint density at radius 2 is 2.28 bits per heavy atom. The van der Waals surface area contributed by atoms with Crippen molar-refractivity contribution in [2.45, 2.75) is 19.9 Å². The lowest BCUT2D eigenvalue weighted by Crippen LogP contribution is -2.32. The van der Waals surface area contributed by atoms with E-state index in [9.17, 15) is 9.59 Å². The van der Waals surface area contributed by atoms with Crippen LogP contribution in [0.2, 0.25) is 0 Å². The number of pyridine rings is 1. The van der Waals surface area contributed by atoms with E-state index in [2.05, 4.69) is 15.3 Å². The summed E-state index contributed by atoms with van der Waals surface area (Å²) in [4.78, 5) is 31.6. The molecule has 0 aliphatic carbocycles. The lowest BCUT2D eigenvalue weighted by Gasteiger charge is -2.06. The number of fused-ring (bicyclic) bond motifs is 1. The molecule has 0 spiro atoms. The highest BCUT2D eigenvalue weighted by atomic mass is 16.2. The summed E-state index contributed by atoms with van der Waals surface area (Å²) < 4.78 is 1.29. The van der Waals surface area contributed by atoms with Gasteiger partial charge < -0.3 is 5.32 Å². The van der Waals surface area contributed by atoms with Gasteiger partial charge in [-0.15, -0.1) is 0 Å². The Morgan fingerprint density at radius 3 is 3.06 bits per heavy atom. The first-order valence-corrected chi connectivity index (χ1v) is 5.79. The van der Waals surface area contributed by atoms with Crippen molar-refractivity contribution in [2.24, 2.45) is 0 Å². The summed E-state index contributed by atoms with van der Waals surface area (Å²) in [5.41, 5.74) is 0.146. The molecule has 0 saturated carbocycles. The van der Waals surface area contributed by atoms with Crippen molar-refractivity contribution in [3.05, 3.63) is 35.0 Å². The zero-order chi connectivity index (χ0) is 13.0. The highest BCUT2D eigenvalue weighted by Crippen LogP contribution is 2.00. The third kappa shape index (κ3) is 2.53. The Balaban J connectivity index is 2.27. The summed E-state index contributed by atoms with van der Waals surface area (Å²) in [5, 5.41) is 3.13. The topological polar surface area (TPSA) is 76.9 Å². The maximum atomic E-state index is 12.0. The van der Waals surface area contributed by atoms with Crippen molar-refractivity contribution in [3.63, 3.8) is 0 Å². The number of hydrogen-bond acceptors (Lipinski definition) is 4. The highest BCUT2D eigenvalue weighted by molar-refractivity contribution is 5.77. The first-order chi connectivity index (χ1) is 8.72. The van der Waals surface area contributed by atoms with Crippen LogP contribution in [0.5, 0.6) is 0 Å². The van der Waals surface area contributed by atoms with Crippen molar-refractivity contribution in [1.82, 2.24) is 19.9 Å². The minimum Gasteiger partial charge on any atom is -0.355 e. The molecular weight excluding hydrogens is 232 g/mol. The van der Waals surface area contributed by atoms with Crippen LogP contribution in [0.15, 0.2) is 29.5 Å². The number of nitrogens with zero attached hydrogens (tertiary/aromatic N) is 3. The van der Waals surface area contributed by atoms with E-state index in [1.165, 1.54) is 10.9 Å². The standard InChI is InChI=1S/C12H14N4O2/c1-2-5-13-10(17)7-16-8-15-11-9(12(16)18)4-3-6-14-11/h3-4,6,8H,2,5,7H2,1H3,(H,13,17). The number of carbonyl (C=O) groups is 1. The molecule has 0 atom stereocenters. The predicted molar refractivity (Wildman–Crippen MR) is 67.1 cm³/mol. The molecule has 0 aliphatic rings. The van der Waals surface area contributed by atoms with Gasteiger partial charge in [0.15, 0.2) is 5.65 Å². The summed E-state index contributed by atoms with van der Waals surface area (Å²) in [5.74, 6) is -0.191. The summed E-state index contributed by atoms with van der Waals surface area (Å²) in [6, 6.07) is 3.32. The van der Waals surface area contributed by atoms with Gasteiger partial charge in [0.25, 0.3) is 5.56 Å². The molecule has 2 aromatic rings. The van der Waals surface area contributed by atoms with Gasteiger partial charge in [0.05, 0.1) is 5.39 Å². The van der Waals surface area contributed by atoms with E-state index in [1.54, 1.807) is 18.3 Å². The maximum Gasteiger partial charge on any atom is 0.263 e. The number of amides is 1. The summed E-state index contributed by atoms with van der Waals surface area (Å²) in [6.07, 6.45) is 3.79. The Morgan fingerprint density at radius 1 is 1.44 bits per heavy atom. The van der Waals surface area contributed by atoms with Crippen LogP contribution in [0.3, 0.4) is 0 Å². The smallest absolute Gasteiger partial charge is 0.263 e. The minimum absolute atomic E-state index is 0.0172. The van der Waals surface area contributed by atoms with Gasteiger partial charge >= 0.3 is 0 Å². The molecule has 0 aromatic carbocycles. The molecular formula is C12H14N4O2. The first-order valence-electron chi connectivity index (χ1n) is 5.79. The SMILES string of the molecule is CCCNC(=O)Cn1cnc2ncccc2c1=O.